The summed E-state index contributed by atoms with van der Waals surface area (Å²) in [4.78, 5) is 22.3. The van der Waals surface area contributed by atoms with Gasteiger partial charge in [0.15, 0.2) is 6.10 Å². The van der Waals surface area contributed by atoms with Crippen molar-refractivity contribution in [1.82, 2.24) is 20.2 Å². The highest BCUT2D eigenvalue weighted by Crippen LogP contribution is 2.43. The first kappa shape index (κ1) is 18.4. The van der Waals surface area contributed by atoms with Crippen molar-refractivity contribution >= 4 is 28.5 Å². The topological polar surface area (TPSA) is 90.5 Å². The van der Waals surface area contributed by atoms with Crippen LogP contribution in [0.1, 0.15) is 5.56 Å². The van der Waals surface area contributed by atoms with Crippen molar-refractivity contribution in [2.75, 3.05) is 26.2 Å². The van der Waals surface area contributed by atoms with Gasteiger partial charge in [-0.2, -0.15) is 0 Å². The molecule has 29 heavy (non-hydrogen) atoms. The fraction of sp³-hybridized carbons (Fsp3) is 0.333. The molecule has 0 bridgehead atoms. The number of aromatic amines is 1. The number of aliphatic hydroxyl groups is 1. The summed E-state index contributed by atoms with van der Waals surface area (Å²) in [6, 6.07) is 7.56. The van der Waals surface area contributed by atoms with E-state index < -0.39 is 6.10 Å². The molecule has 3 aromatic rings. The zero-order chi connectivity index (χ0) is 20.0. The quantitative estimate of drug-likeness (QED) is 0.612. The molecule has 0 radical (unpaired) electrons. The van der Waals surface area contributed by atoms with Gasteiger partial charge in [-0.05, 0) is 29.8 Å². The lowest BCUT2D eigenvalue weighted by Crippen LogP contribution is -2.56. The smallest absolute Gasteiger partial charge is 0.264 e. The van der Waals surface area contributed by atoms with E-state index >= 15 is 0 Å². The Balaban J connectivity index is 1.47. The molecule has 1 amide bonds. The lowest BCUT2D eigenvalue weighted by atomic mass is 9.99. The number of hydrogen-bond acceptors (Lipinski definition) is 5. The summed E-state index contributed by atoms with van der Waals surface area (Å²) in [5.74, 6) is 0.653. The van der Waals surface area contributed by atoms with E-state index in [1.54, 1.807) is 11.1 Å². The number of ether oxygens (including phenoxy) is 1. The highest BCUT2D eigenvalue weighted by Gasteiger charge is 2.36. The second kappa shape index (κ2) is 7.33. The minimum absolute atomic E-state index is 0.00396. The van der Waals surface area contributed by atoms with Gasteiger partial charge < -0.3 is 25.0 Å². The van der Waals surface area contributed by atoms with Crippen molar-refractivity contribution in [1.29, 1.82) is 0 Å². The number of amides is 1. The summed E-state index contributed by atoms with van der Waals surface area (Å²) < 4.78 is 6.19. The van der Waals surface area contributed by atoms with Crippen LogP contribution in [0.2, 0.25) is 5.02 Å². The fourth-order valence-electron chi connectivity index (χ4n) is 4.21. The predicted octanol–water partition coefficient (Wildman–Crippen LogP) is 1.98. The number of carbonyl (C=O) groups excluding carboxylic acids is 1. The van der Waals surface area contributed by atoms with E-state index in [0.29, 0.717) is 36.8 Å². The van der Waals surface area contributed by atoms with E-state index in [0.717, 1.165) is 27.7 Å². The van der Waals surface area contributed by atoms with Crippen LogP contribution in [0, 0.1) is 0 Å². The van der Waals surface area contributed by atoms with Gasteiger partial charge in [0.05, 0.1) is 6.61 Å². The van der Waals surface area contributed by atoms with Crippen molar-refractivity contribution in [3.63, 3.8) is 0 Å². The second-order valence-corrected chi connectivity index (χ2v) is 7.90. The number of nitrogens with one attached hydrogen (secondary N) is 2. The molecular weight excluding hydrogens is 392 g/mol. The average Bonchev–Trinajstić information content (AvgIpc) is 3.39. The molecule has 0 spiro atoms. The van der Waals surface area contributed by atoms with E-state index in [-0.39, 0.29) is 18.6 Å². The SMILES string of the molecule is O=C([C@@H]1Cc2cc(Cl)cc(-c3ccnc4[nH]ccc34)c2O1)N1CCN[C@H](CO)C1. The van der Waals surface area contributed by atoms with Gasteiger partial charge in [-0.3, -0.25) is 4.79 Å². The van der Waals surface area contributed by atoms with Crippen LogP contribution in [0.15, 0.2) is 36.7 Å². The molecule has 2 atom stereocenters. The molecule has 8 heteroatoms. The Morgan fingerprint density at radius 1 is 1.34 bits per heavy atom. The van der Waals surface area contributed by atoms with Crippen LogP contribution in [0.4, 0.5) is 0 Å². The summed E-state index contributed by atoms with van der Waals surface area (Å²) in [6.45, 7) is 1.75. The van der Waals surface area contributed by atoms with Crippen molar-refractivity contribution in [3.8, 4) is 16.9 Å². The molecule has 0 saturated carbocycles. The number of halogens is 1. The zero-order valence-electron chi connectivity index (χ0n) is 15.7. The van der Waals surface area contributed by atoms with E-state index in [4.69, 9.17) is 16.3 Å². The number of aliphatic hydroxyl groups excluding tert-OH is 1. The number of pyridine rings is 1. The molecule has 4 heterocycles. The predicted molar refractivity (Wildman–Crippen MR) is 110 cm³/mol. The van der Waals surface area contributed by atoms with Gasteiger partial charge in [0.25, 0.3) is 5.91 Å². The van der Waals surface area contributed by atoms with E-state index in [2.05, 4.69) is 15.3 Å². The molecule has 1 saturated heterocycles. The zero-order valence-corrected chi connectivity index (χ0v) is 16.4. The van der Waals surface area contributed by atoms with E-state index in [1.165, 1.54) is 0 Å². The molecule has 1 fully saturated rings. The third-order valence-corrected chi connectivity index (χ3v) is 5.83. The van der Waals surface area contributed by atoms with Crippen LogP contribution in [0.3, 0.4) is 0 Å². The van der Waals surface area contributed by atoms with Crippen LogP contribution in [0.25, 0.3) is 22.2 Å². The molecule has 3 N–H and O–H groups in total. The van der Waals surface area contributed by atoms with Gasteiger partial charge in [0.1, 0.15) is 11.4 Å². The Morgan fingerprint density at radius 3 is 3.10 bits per heavy atom. The summed E-state index contributed by atoms with van der Waals surface area (Å²) in [5.41, 5.74) is 3.55. The number of rotatable bonds is 3. The maximum Gasteiger partial charge on any atom is 0.264 e. The monoisotopic (exact) mass is 412 g/mol. The fourth-order valence-corrected chi connectivity index (χ4v) is 4.45. The number of hydrogen-bond donors (Lipinski definition) is 3. The van der Waals surface area contributed by atoms with Crippen molar-refractivity contribution in [2.45, 2.75) is 18.6 Å². The van der Waals surface area contributed by atoms with Gasteiger partial charge in [0.2, 0.25) is 0 Å². The molecule has 0 aliphatic carbocycles. The van der Waals surface area contributed by atoms with E-state index in [9.17, 15) is 9.90 Å². The minimum atomic E-state index is -0.580. The van der Waals surface area contributed by atoms with Crippen LogP contribution < -0.4 is 10.1 Å². The maximum absolute atomic E-state index is 13.1. The lowest BCUT2D eigenvalue weighted by Gasteiger charge is -2.34. The van der Waals surface area contributed by atoms with Gasteiger partial charge in [-0.15, -0.1) is 0 Å². The number of carbonyl (C=O) groups is 1. The number of H-pyrrole nitrogens is 1. The molecule has 150 valence electrons. The number of nitrogens with zero attached hydrogens (tertiary/aromatic N) is 2. The minimum Gasteiger partial charge on any atom is -0.479 e. The Labute approximate surface area is 172 Å². The van der Waals surface area contributed by atoms with Crippen molar-refractivity contribution in [2.24, 2.45) is 0 Å². The Kier molecular flexibility index (Phi) is 4.66. The van der Waals surface area contributed by atoms with Gasteiger partial charge in [-0.1, -0.05) is 11.6 Å². The first-order valence-electron chi connectivity index (χ1n) is 9.68. The largest absolute Gasteiger partial charge is 0.479 e. The van der Waals surface area contributed by atoms with Gasteiger partial charge in [-0.25, -0.2) is 4.98 Å². The first-order chi connectivity index (χ1) is 14.1. The number of aromatic nitrogens is 2. The molecular formula is C21H21ClN4O3. The van der Waals surface area contributed by atoms with E-state index in [1.807, 2.05) is 30.5 Å². The normalized spacial score (nSPS) is 21.2. The standard InChI is InChI=1S/C21H21ClN4O3/c22-13-7-12-8-18(21(28)26-6-5-23-14(10-26)11-27)29-19(12)17(9-13)15-1-3-24-20-16(15)2-4-25-20/h1-4,7,9,14,18,23,27H,5-6,8,10-11H2,(H,24,25)/t14-,18-/m0/s1. The number of fused-ring (bicyclic) bond motifs is 2. The average molecular weight is 413 g/mol. The van der Waals surface area contributed by atoms with Crippen LogP contribution in [0.5, 0.6) is 5.75 Å². The summed E-state index contributed by atoms with van der Waals surface area (Å²) in [5, 5.41) is 14.2. The summed E-state index contributed by atoms with van der Waals surface area (Å²) in [7, 11) is 0. The molecule has 2 aliphatic heterocycles. The third kappa shape index (κ3) is 3.25. The molecule has 7 nitrogen and oxygen atoms in total. The Morgan fingerprint density at radius 2 is 2.24 bits per heavy atom. The summed E-state index contributed by atoms with van der Waals surface area (Å²) >= 11 is 6.41. The molecule has 2 aliphatic rings. The first-order valence-corrected chi connectivity index (χ1v) is 10.1. The third-order valence-electron chi connectivity index (χ3n) is 5.61. The van der Waals surface area contributed by atoms with Crippen molar-refractivity contribution < 1.29 is 14.6 Å². The Hall–Kier alpha value is -2.61. The molecule has 2 aromatic heterocycles. The van der Waals surface area contributed by atoms with Crippen LogP contribution >= 0.6 is 11.6 Å². The second-order valence-electron chi connectivity index (χ2n) is 7.47. The van der Waals surface area contributed by atoms with Crippen LogP contribution in [-0.4, -0.2) is 64.3 Å². The van der Waals surface area contributed by atoms with Crippen LogP contribution in [-0.2, 0) is 11.2 Å². The molecule has 0 unspecified atom stereocenters. The van der Waals surface area contributed by atoms with Crippen molar-refractivity contribution in [3.05, 3.63) is 47.2 Å². The molecule has 1 aromatic carbocycles. The summed E-state index contributed by atoms with van der Waals surface area (Å²) in [6.07, 6.45) is 3.50. The van der Waals surface area contributed by atoms with Gasteiger partial charge >= 0.3 is 0 Å². The number of benzene rings is 1. The highest BCUT2D eigenvalue weighted by atomic mass is 35.5. The molecule has 5 rings (SSSR count). The number of piperazine rings is 1. The lowest BCUT2D eigenvalue weighted by molar-refractivity contribution is -0.139. The highest BCUT2D eigenvalue weighted by molar-refractivity contribution is 6.31. The maximum atomic E-state index is 13.1. The van der Waals surface area contributed by atoms with Gasteiger partial charge in [0, 0.05) is 66.0 Å². The Bertz CT molecular complexity index is 1080.